The van der Waals surface area contributed by atoms with Crippen molar-refractivity contribution in [3.05, 3.63) is 47.8 Å². The van der Waals surface area contributed by atoms with Crippen LogP contribution in [0.1, 0.15) is 54.9 Å². The number of sulfonamides is 1. The number of sulfone groups is 1. The molecule has 188 valence electrons. The topological polar surface area (TPSA) is 131 Å². The molecule has 1 amide bonds. The minimum Gasteiger partial charge on any atom is -0.308 e. The van der Waals surface area contributed by atoms with Gasteiger partial charge in [-0.05, 0) is 42.7 Å². The van der Waals surface area contributed by atoms with Crippen molar-refractivity contribution < 1.29 is 21.6 Å². The van der Waals surface area contributed by atoms with E-state index in [2.05, 4.69) is 21.7 Å². The molecular formula is C23H29N5O5S2. The van der Waals surface area contributed by atoms with Crippen LogP contribution in [0.15, 0.2) is 41.6 Å². The van der Waals surface area contributed by atoms with E-state index in [0.717, 1.165) is 37.5 Å². The smallest absolute Gasteiger partial charge is 0.266 e. The summed E-state index contributed by atoms with van der Waals surface area (Å²) < 4.78 is 53.0. The van der Waals surface area contributed by atoms with E-state index in [1.807, 2.05) is 0 Å². The molecule has 0 radical (unpaired) electrons. The van der Waals surface area contributed by atoms with Crippen LogP contribution < -0.4 is 9.62 Å². The van der Waals surface area contributed by atoms with Gasteiger partial charge in [-0.15, -0.1) is 5.10 Å². The Morgan fingerprint density at radius 1 is 1.11 bits per heavy atom. The summed E-state index contributed by atoms with van der Waals surface area (Å²) in [5, 5.41) is 4.18. The van der Waals surface area contributed by atoms with Crippen LogP contribution in [0.25, 0.3) is 5.65 Å². The van der Waals surface area contributed by atoms with Gasteiger partial charge in [-0.25, -0.2) is 26.3 Å². The highest BCUT2D eigenvalue weighted by Crippen LogP contribution is 2.33. The number of nitrogens with zero attached hydrogens (tertiary/aromatic N) is 4. The molecule has 0 atom stereocenters. The maximum atomic E-state index is 13.6. The van der Waals surface area contributed by atoms with E-state index in [0.29, 0.717) is 25.1 Å². The summed E-state index contributed by atoms with van der Waals surface area (Å²) in [5.41, 5.74) is 1.61. The summed E-state index contributed by atoms with van der Waals surface area (Å²) in [7, 11) is -7.10. The number of amides is 1. The van der Waals surface area contributed by atoms with E-state index < -0.39 is 25.8 Å². The average Bonchev–Trinajstić information content (AvgIpc) is 3.38. The summed E-state index contributed by atoms with van der Waals surface area (Å²) in [6.07, 6.45) is 9.29. The molecule has 10 nitrogen and oxygen atoms in total. The quantitative estimate of drug-likeness (QED) is 0.407. The Hall–Kier alpha value is -2.99. The molecule has 0 aliphatic carbocycles. The fourth-order valence-corrected chi connectivity index (χ4v) is 6.17. The van der Waals surface area contributed by atoms with Gasteiger partial charge in [-0.2, -0.15) is 0 Å². The Bertz CT molecular complexity index is 1460. The molecular weight excluding hydrogens is 490 g/mol. The Morgan fingerprint density at radius 3 is 2.63 bits per heavy atom. The first-order chi connectivity index (χ1) is 16.6. The summed E-state index contributed by atoms with van der Waals surface area (Å²) in [6.45, 7) is 2.45. The van der Waals surface area contributed by atoms with E-state index in [1.54, 1.807) is 24.4 Å². The molecule has 0 saturated heterocycles. The summed E-state index contributed by atoms with van der Waals surface area (Å²) >= 11 is 0. The number of carbonyl (C=O) groups is 1. The lowest BCUT2D eigenvalue weighted by Gasteiger charge is -2.18. The Labute approximate surface area is 205 Å². The van der Waals surface area contributed by atoms with Gasteiger partial charge in [-0.1, -0.05) is 32.6 Å². The highest BCUT2D eigenvalue weighted by Gasteiger charge is 2.32. The number of carbonyl (C=O) groups excluding carboxylic acids is 1. The standard InChI is InChI=1S/C23H29N5O5S2/c1-3-4-5-6-7-15-35(32,33)18-9-10-19-17(16-18)11-14-27(19)23(29)20-21(26-34(2,30)31)25-28-13-8-12-24-22(20)28/h8-10,12-13,16H,3-7,11,14-15H2,1-2H3,(H,25,26). The second-order valence-corrected chi connectivity index (χ2v) is 12.6. The van der Waals surface area contributed by atoms with Gasteiger partial charge in [0.25, 0.3) is 5.91 Å². The van der Waals surface area contributed by atoms with Crippen LogP contribution in [0.3, 0.4) is 0 Å². The molecule has 3 aromatic rings. The van der Waals surface area contributed by atoms with Crippen LogP contribution >= 0.6 is 0 Å². The third-order valence-electron chi connectivity index (χ3n) is 5.96. The predicted octanol–water partition coefficient (Wildman–Crippen LogP) is 3.05. The fraction of sp³-hybridized carbons (Fsp3) is 0.435. The van der Waals surface area contributed by atoms with Crippen molar-refractivity contribution in [3.8, 4) is 0 Å². The first kappa shape index (κ1) is 25.1. The van der Waals surface area contributed by atoms with Crippen molar-refractivity contribution in [2.45, 2.75) is 50.3 Å². The molecule has 12 heteroatoms. The molecule has 1 N–H and O–H groups in total. The van der Waals surface area contributed by atoms with Gasteiger partial charge in [0, 0.05) is 24.6 Å². The Morgan fingerprint density at radius 2 is 1.89 bits per heavy atom. The zero-order valence-corrected chi connectivity index (χ0v) is 21.4. The minimum atomic E-state index is -3.69. The van der Waals surface area contributed by atoms with Crippen molar-refractivity contribution in [1.82, 2.24) is 14.6 Å². The van der Waals surface area contributed by atoms with E-state index in [4.69, 9.17) is 0 Å². The number of nitrogens with one attached hydrogen (secondary N) is 1. The zero-order valence-electron chi connectivity index (χ0n) is 19.8. The number of anilines is 2. The maximum absolute atomic E-state index is 13.6. The van der Waals surface area contributed by atoms with Gasteiger partial charge in [0.05, 0.1) is 16.9 Å². The fourth-order valence-electron chi connectivity index (χ4n) is 4.26. The molecule has 1 aliphatic rings. The van der Waals surface area contributed by atoms with Gasteiger partial charge in [0.2, 0.25) is 10.0 Å². The summed E-state index contributed by atoms with van der Waals surface area (Å²) in [4.78, 5) is 19.6. The minimum absolute atomic E-state index is 0.0349. The van der Waals surface area contributed by atoms with Crippen LogP contribution in [0, 0.1) is 0 Å². The van der Waals surface area contributed by atoms with Crippen LogP contribution in [0.4, 0.5) is 11.5 Å². The van der Waals surface area contributed by atoms with E-state index in [1.165, 1.54) is 21.7 Å². The molecule has 0 bridgehead atoms. The van der Waals surface area contributed by atoms with Crippen molar-refractivity contribution >= 4 is 42.9 Å². The molecule has 2 aromatic heterocycles. The van der Waals surface area contributed by atoms with Crippen LogP contribution in [-0.2, 0) is 26.3 Å². The molecule has 3 heterocycles. The van der Waals surface area contributed by atoms with E-state index in [9.17, 15) is 21.6 Å². The number of hydrogen-bond donors (Lipinski definition) is 1. The maximum Gasteiger partial charge on any atom is 0.266 e. The first-order valence-electron chi connectivity index (χ1n) is 11.6. The van der Waals surface area contributed by atoms with Gasteiger partial charge < -0.3 is 4.90 Å². The molecule has 1 aromatic carbocycles. The van der Waals surface area contributed by atoms with Gasteiger partial charge >= 0.3 is 0 Å². The Balaban J connectivity index is 1.61. The molecule has 0 saturated carbocycles. The zero-order chi connectivity index (χ0) is 25.2. The van der Waals surface area contributed by atoms with Crippen LogP contribution in [-0.4, -0.2) is 55.9 Å². The van der Waals surface area contributed by atoms with Crippen molar-refractivity contribution in [1.29, 1.82) is 0 Å². The van der Waals surface area contributed by atoms with Crippen molar-refractivity contribution in [2.24, 2.45) is 0 Å². The van der Waals surface area contributed by atoms with Gasteiger partial charge in [0.15, 0.2) is 21.3 Å². The van der Waals surface area contributed by atoms with Crippen molar-refractivity contribution in [3.63, 3.8) is 0 Å². The molecule has 0 fully saturated rings. The highest BCUT2D eigenvalue weighted by molar-refractivity contribution is 7.92. The lowest BCUT2D eigenvalue weighted by molar-refractivity contribution is 0.0991. The molecule has 1 aliphatic heterocycles. The van der Waals surface area contributed by atoms with E-state index >= 15 is 0 Å². The molecule has 35 heavy (non-hydrogen) atoms. The van der Waals surface area contributed by atoms with Gasteiger partial charge in [0.1, 0.15) is 5.56 Å². The van der Waals surface area contributed by atoms with Crippen molar-refractivity contribution in [2.75, 3.05) is 28.2 Å². The van der Waals surface area contributed by atoms with Gasteiger partial charge in [-0.3, -0.25) is 9.52 Å². The lowest BCUT2D eigenvalue weighted by Crippen LogP contribution is -2.30. The normalized spacial score (nSPS) is 13.8. The predicted molar refractivity (Wildman–Crippen MR) is 134 cm³/mol. The lowest BCUT2D eigenvalue weighted by atomic mass is 10.1. The van der Waals surface area contributed by atoms with Crippen LogP contribution in [0.2, 0.25) is 0 Å². The monoisotopic (exact) mass is 519 g/mol. The molecule has 0 unspecified atom stereocenters. The number of aromatic nitrogens is 3. The van der Waals surface area contributed by atoms with E-state index in [-0.39, 0.29) is 27.7 Å². The number of unbranched alkanes of at least 4 members (excludes halogenated alkanes) is 4. The second kappa shape index (κ2) is 9.94. The molecule has 0 spiro atoms. The highest BCUT2D eigenvalue weighted by atomic mass is 32.2. The molecule has 4 rings (SSSR count). The third-order valence-corrected chi connectivity index (χ3v) is 8.32. The first-order valence-corrected chi connectivity index (χ1v) is 15.1. The average molecular weight is 520 g/mol. The summed E-state index contributed by atoms with van der Waals surface area (Å²) in [5.74, 6) is -0.464. The summed E-state index contributed by atoms with van der Waals surface area (Å²) in [6, 6.07) is 6.45. The number of benzene rings is 1. The Kier molecular flexibility index (Phi) is 7.13. The number of fused-ring (bicyclic) bond motifs is 2. The number of hydrogen-bond acceptors (Lipinski definition) is 7. The SMILES string of the molecule is CCCCCCCS(=O)(=O)c1ccc2c(c1)CCN2C(=O)c1c(NS(C)(=O)=O)nn2cccnc12. The second-order valence-electron chi connectivity index (χ2n) is 8.72. The van der Waals surface area contributed by atoms with Crippen LogP contribution in [0.5, 0.6) is 0 Å². The third kappa shape index (κ3) is 5.48. The number of rotatable bonds is 10. The largest absolute Gasteiger partial charge is 0.308 e.